The normalized spacial score (nSPS) is 12.1. The van der Waals surface area contributed by atoms with Gasteiger partial charge in [-0.1, -0.05) is 91.8 Å². The number of aryl methyl sites for hydroxylation is 2. The van der Waals surface area contributed by atoms with Gasteiger partial charge in [0.15, 0.2) is 5.78 Å². The standard InChI is InChI=1S/C21H15FN.C11H20O2.Ir/c1-13-9-14(2)11-16(10-13)21-18-8-7-15-5-3-4-6-17(15)20(18)19(22)12-23-21;1-10(2,3)8(12)7-9(13)11(4,5)6;/h3-10,12H,1-2H3;7,12H,1-6H3;/q-1;;/b;8-7-;. The van der Waals surface area contributed by atoms with Gasteiger partial charge in [0.2, 0.25) is 0 Å². The van der Waals surface area contributed by atoms with Gasteiger partial charge in [-0.3, -0.25) is 4.79 Å². The topological polar surface area (TPSA) is 50.2 Å². The van der Waals surface area contributed by atoms with Crippen molar-refractivity contribution >= 4 is 27.3 Å². The third-order valence-electron chi connectivity index (χ3n) is 5.91. The maximum atomic E-state index is 14.5. The molecule has 4 aromatic rings. The van der Waals surface area contributed by atoms with Gasteiger partial charge in [-0.2, -0.15) is 0 Å². The first-order valence-corrected chi connectivity index (χ1v) is 12.1. The summed E-state index contributed by atoms with van der Waals surface area (Å²) in [4.78, 5) is 15.8. The van der Waals surface area contributed by atoms with Crippen LogP contribution in [-0.2, 0) is 24.9 Å². The zero-order valence-electron chi connectivity index (χ0n) is 22.8. The molecule has 1 heterocycles. The van der Waals surface area contributed by atoms with Gasteiger partial charge in [-0.15, -0.1) is 34.9 Å². The number of carbonyl (C=O) groups excluding carboxylic acids is 1. The van der Waals surface area contributed by atoms with E-state index >= 15 is 0 Å². The van der Waals surface area contributed by atoms with Gasteiger partial charge in [-0.25, -0.2) is 4.39 Å². The number of hydrogen-bond donors (Lipinski definition) is 1. The summed E-state index contributed by atoms with van der Waals surface area (Å²) in [6, 6.07) is 19.3. The zero-order valence-corrected chi connectivity index (χ0v) is 25.2. The van der Waals surface area contributed by atoms with Crippen LogP contribution in [0.25, 0.3) is 32.8 Å². The summed E-state index contributed by atoms with van der Waals surface area (Å²) < 4.78 is 14.5. The quantitative estimate of drug-likeness (QED) is 0.100. The summed E-state index contributed by atoms with van der Waals surface area (Å²) >= 11 is 0. The van der Waals surface area contributed by atoms with Crippen molar-refractivity contribution in [3.05, 3.63) is 89.6 Å². The van der Waals surface area contributed by atoms with E-state index in [4.69, 9.17) is 0 Å². The van der Waals surface area contributed by atoms with Crippen molar-refractivity contribution in [1.82, 2.24) is 4.98 Å². The smallest absolute Gasteiger partial charge is 0.164 e. The Morgan fingerprint density at radius 2 is 1.59 bits per heavy atom. The number of ketones is 1. The summed E-state index contributed by atoms with van der Waals surface area (Å²) in [6.07, 6.45) is 2.65. The first kappa shape index (κ1) is 30.3. The molecule has 1 aromatic heterocycles. The van der Waals surface area contributed by atoms with E-state index in [9.17, 15) is 14.3 Å². The Morgan fingerprint density at radius 1 is 0.946 bits per heavy atom. The van der Waals surface area contributed by atoms with E-state index in [2.05, 4.69) is 17.1 Å². The van der Waals surface area contributed by atoms with E-state index in [1.54, 1.807) is 0 Å². The minimum Gasteiger partial charge on any atom is -0.512 e. The Labute approximate surface area is 233 Å². The van der Waals surface area contributed by atoms with Crippen LogP contribution in [0, 0.1) is 36.6 Å². The van der Waals surface area contributed by atoms with Gasteiger partial charge in [0.05, 0.1) is 6.20 Å². The van der Waals surface area contributed by atoms with Crippen LogP contribution in [-0.4, -0.2) is 15.9 Å². The fourth-order valence-corrected chi connectivity index (χ4v) is 3.78. The molecular formula is C32H35FIrNO2-. The average molecular weight is 677 g/mol. The van der Waals surface area contributed by atoms with Crippen LogP contribution in [0.4, 0.5) is 4.39 Å². The first-order chi connectivity index (χ1) is 16.7. The largest absolute Gasteiger partial charge is 0.512 e. The minimum atomic E-state index is -0.417. The van der Waals surface area contributed by atoms with Gasteiger partial charge in [-0.05, 0) is 21.9 Å². The summed E-state index contributed by atoms with van der Waals surface area (Å²) in [7, 11) is 0. The molecule has 1 radical (unpaired) electrons. The van der Waals surface area contributed by atoms with Crippen molar-refractivity contribution in [2.45, 2.75) is 55.4 Å². The third kappa shape index (κ3) is 7.34. The Hall–Kier alpha value is -2.88. The van der Waals surface area contributed by atoms with Crippen LogP contribution in [0.5, 0.6) is 0 Å². The third-order valence-corrected chi connectivity index (χ3v) is 5.91. The van der Waals surface area contributed by atoms with Gasteiger partial charge in [0, 0.05) is 42.4 Å². The van der Waals surface area contributed by atoms with Gasteiger partial charge in [0.25, 0.3) is 0 Å². The van der Waals surface area contributed by atoms with Crippen LogP contribution >= 0.6 is 0 Å². The van der Waals surface area contributed by atoms with E-state index in [0.29, 0.717) is 5.39 Å². The van der Waals surface area contributed by atoms with Crippen molar-refractivity contribution in [1.29, 1.82) is 0 Å². The second kappa shape index (κ2) is 11.7. The molecule has 3 aromatic carbocycles. The van der Waals surface area contributed by atoms with Crippen LogP contribution in [0.2, 0.25) is 0 Å². The predicted molar refractivity (Wildman–Crippen MR) is 148 cm³/mol. The molecule has 0 spiro atoms. The van der Waals surface area contributed by atoms with Crippen molar-refractivity contribution in [3.8, 4) is 11.3 Å². The number of aliphatic hydroxyl groups is 1. The summed E-state index contributed by atoms with van der Waals surface area (Å²) in [5.74, 6) is -0.183. The van der Waals surface area contributed by atoms with Crippen LogP contribution in [0.3, 0.4) is 0 Å². The average Bonchev–Trinajstić information content (AvgIpc) is 2.77. The van der Waals surface area contributed by atoms with Crippen molar-refractivity contribution < 1.29 is 34.4 Å². The molecule has 1 N–H and O–H groups in total. The second-order valence-corrected chi connectivity index (χ2v) is 11.3. The second-order valence-electron chi connectivity index (χ2n) is 11.3. The van der Waals surface area contributed by atoms with Crippen molar-refractivity contribution in [3.63, 3.8) is 0 Å². The van der Waals surface area contributed by atoms with E-state index in [1.165, 1.54) is 12.3 Å². The molecule has 0 bridgehead atoms. The maximum absolute atomic E-state index is 14.5. The molecule has 0 fully saturated rings. The van der Waals surface area contributed by atoms with Crippen LogP contribution < -0.4 is 0 Å². The molecule has 0 aliphatic heterocycles. The first-order valence-electron chi connectivity index (χ1n) is 12.1. The maximum Gasteiger partial charge on any atom is 0.164 e. The van der Waals surface area contributed by atoms with E-state index in [-0.39, 0.29) is 42.9 Å². The molecule has 3 nitrogen and oxygen atoms in total. The van der Waals surface area contributed by atoms with Crippen LogP contribution in [0.1, 0.15) is 52.7 Å². The number of fused-ring (bicyclic) bond motifs is 3. The van der Waals surface area contributed by atoms with Crippen molar-refractivity contribution in [2.75, 3.05) is 0 Å². The number of carbonyl (C=O) groups is 1. The van der Waals surface area contributed by atoms with Gasteiger partial charge in [0.1, 0.15) is 11.6 Å². The Morgan fingerprint density at radius 3 is 2.19 bits per heavy atom. The fourth-order valence-electron chi connectivity index (χ4n) is 3.78. The van der Waals surface area contributed by atoms with E-state index in [0.717, 1.165) is 38.5 Å². The number of aliphatic hydroxyl groups excluding tert-OH is 1. The number of pyridine rings is 1. The van der Waals surface area contributed by atoms with E-state index in [1.807, 2.05) is 97.9 Å². The SMILES string of the molecule is CC(C)(C)C(=O)/C=C(\O)C(C)(C)C.Cc1[c-]c(-c2ncc(F)c3c2ccc2ccccc23)cc(C)c1.[Ir]. The Bertz CT molecular complexity index is 1440. The molecular weight excluding hydrogens is 642 g/mol. The summed E-state index contributed by atoms with van der Waals surface area (Å²) in [5, 5.41) is 13.0. The number of aromatic nitrogens is 1. The number of rotatable bonds is 2. The number of benzene rings is 3. The van der Waals surface area contributed by atoms with Crippen LogP contribution in [0.15, 0.2) is 66.6 Å². The molecule has 0 aliphatic rings. The molecule has 37 heavy (non-hydrogen) atoms. The molecule has 0 saturated heterocycles. The minimum absolute atomic E-state index is 0. The number of allylic oxidation sites excluding steroid dienone is 2. The molecule has 0 amide bonds. The zero-order chi connectivity index (χ0) is 26.8. The molecule has 0 saturated carbocycles. The summed E-state index contributed by atoms with van der Waals surface area (Å²) in [5.41, 5.74) is 3.12. The molecule has 0 unspecified atom stereocenters. The molecule has 0 atom stereocenters. The number of nitrogens with zero attached hydrogens (tertiary/aromatic N) is 1. The Kier molecular flexibility index (Phi) is 9.57. The molecule has 4 rings (SSSR count). The fraction of sp³-hybridized carbons (Fsp3) is 0.312. The Balaban J connectivity index is 0.000000299. The molecule has 5 heteroatoms. The number of halogens is 1. The van der Waals surface area contributed by atoms with Gasteiger partial charge < -0.3 is 10.1 Å². The summed E-state index contributed by atoms with van der Waals surface area (Å²) in [6.45, 7) is 15.2. The van der Waals surface area contributed by atoms with E-state index < -0.39 is 5.41 Å². The molecule has 197 valence electrons. The number of hydrogen-bond acceptors (Lipinski definition) is 3. The predicted octanol–water partition coefficient (Wildman–Crippen LogP) is 8.70. The molecule has 0 aliphatic carbocycles. The van der Waals surface area contributed by atoms with Crippen molar-refractivity contribution in [2.24, 2.45) is 10.8 Å². The monoisotopic (exact) mass is 677 g/mol. The van der Waals surface area contributed by atoms with Gasteiger partial charge >= 0.3 is 0 Å².